The first-order valence-electron chi connectivity index (χ1n) is 9.52. The SMILES string of the molecule is c1ccc(CCCCC([SiH2]c2ccccc2)[SiH2]c2ccccc2)cc1. The lowest BCUT2D eigenvalue weighted by atomic mass is 10.1. The number of unbranched alkanes of at least 4 members (excludes halogenated alkanes) is 1. The van der Waals surface area contributed by atoms with Gasteiger partial charge in [0.15, 0.2) is 0 Å². The lowest BCUT2D eigenvalue weighted by Crippen LogP contribution is -2.29. The summed E-state index contributed by atoms with van der Waals surface area (Å²) in [6.07, 6.45) is 5.36. The molecule has 0 N–H and O–H groups in total. The minimum absolute atomic E-state index is 0.170. The summed E-state index contributed by atoms with van der Waals surface area (Å²) in [5.41, 5.74) is 1.49. The quantitative estimate of drug-likeness (QED) is 0.406. The molecule has 0 amide bonds. The zero-order valence-corrected chi connectivity index (χ0v) is 17.8. The summed E-state index contributed by atoms with van der Waals surface area (Å²) in [5, 5.41) is 4.28. The zero-order valence-electron chi connectivity index (χ0n) is 15.0. The molecule has 0 radical (unpaired) electrons. The predicted octanol–water partition coefficient (Wildman–Crippen LogP) is 3.13. The molecule has 25 heavy (non-hydrogen) atoms. The average molecular weight is 361 g/mol. The van der Waals surface area contributed by atoms with Crippen LogP contribution < -0.4 is 10.4 Å². The van der Waals surface area contributed by atoms with E-state index in [4.69, 9.17) is 0 Å². The molecule has 0 spiro atoms. The molecule has 0 saturated heterocycles. The van der Waals surface area contributed by atoms with Gasteiger partial charge in [-0.05, 0) is 18.4 Å². The molecule has 128 valence electrons. The highest BCUT2D eigenvalue weighted by Gasteiger charge is 2.12. The van der Waals surface area contributed by atoms with Crippen LogP contribution in [0, 0.1) is 0 Å². The van der Waals surface area contributed by atoms with Gasteiger partial charge in [-0.2, -0.15) is 0 Å². The number of hydrogen-bond donors (Lipinski definition) is 0. The van der Waals surface area contributed by atoms with Crippen molar-refractivity contribution in [1.82, 2.24) is 0 Å². The molecule has 3 rings (SSSR count). The first kappa shape index (κ1) is 17.9. The predicted molar refractivity (Wildman–Crippen MR) is 117 cm³/mol. The molecule has 3 aromatic carbocycles. The molecule has 3 aromatic rings. The molecule has 0 aliphatic rings. The third-order valence-corrected chi connectivity index (χ3v) is 10.5. The molecular formula is C23H28Si2. The summed E-state index contributed by atoms with van der Waals surface area (Å²) in [6.45, 7) is 0. The Hall–Kier alpha value is -1.91. The largest absolute Gasteiger partial charge is 0.0669 e. The summed E-state index contributed by atoms with van der Waals surface area (Å²) in [7, 11) is -0.341. The van der Waals surface area contributed by atoms with E-state index in [0.29, 0.717) is 0 Å². The van der Waals surface area contributed by atoms with Crippen molar-refractivity contribution in [3.8, 4) is 0 Å². The summed E-state index contributed by atoms with van der Waals surface area (Å²) in [4.78, 5) is 0. The standard InChI is InChI=1S/C23H28Si2/c1-4-12-20(13-5-1)14-10-11-19-23(24-21-15-6-2-7-16-21)25-22-17-8-3-9-18-22/h1-9,12-13,15-18,23H,10-11,14,19,24-25H2. The van der Waals surface area contributed by atoms with Crippen LogP contribution in [0.1, 0.15) is 24.8 Å². The van der Waals surface area contributed by atoms with Gasteiger partial charge in [0.1, 0.15) is 0 Å². The van der Waals surface area contributed by atoms with Crippen LogP contribution in [0.2, 0.25) is 5.16 Å². The Morgan fingerprint density at radius 1 is 0.560 bits per heavy atom. The van der Waals surface area contributed by atoms with Crippen LogP contribution in [-0.4, -0.2) is 19.0 Å². The number of benzene rings is 3. The van der Waals surface area contributed by atoms with Gasteiger partial charge in [-0.15, -0.1) is 0 Å². The second kappa shape index (κ2) is 10.2. The number of aryl methyl sites for hydroxylation is 1. The van der Waals surface area contributed by atoms with Gasteiger partial charge >= 0.3 is 0 Å². The van der Waals surface area contributed by atoms with Gasteiger partial charge in [0.25, 0.3) is 0 Å². The normalized spacial score (nSPS) is 13.0. The average Bonchev–Trinajstić information content (AvgIpc) is 2.67. The van der Waals surface area contributed by atoms with E-state index in [-0.39, 0.29) is 19.0 Å². The Balaban J connectivity index is 1.54. The molecule has 0 saturated carbocycles. The second-order valence-corrected chi connectivity index (χ2v) is 12.9. The summed E-state index contributed by atoms with van der Waals surface area (Å²) in [6, 6.07) is 33.4. The maximum Gasteiger partial charge on any atom is 0.0550 e. The molecule has 0 atom stereocenters. The number of rotatable bonds is 9. The van der Waals surface area contributed by atoms with Crippen LogP contribution >= 0.6 is 0 Å². The fraction of sp³-hybridized carbons (Fsp3) is 0.217. The van der Waals surface area contributed by atoms with Crippen molar-refractivity contribution < 1.29 is 0 Å². The maximum absolute atomic E-state index is 2.35. The van der Waals surface area contributed by atoms with Crippen LogP contribution in [-0.2, 0) is 6.42 Å². The fourth-order valence-corrected chi connectivity index (χ4v) is 9.56. The van der Waals surface area contributed by atoms with E-state index in [2.05, 4.69) is 91.0 Å². The Kier molecular flexibility index (Phi) is 7.28. The van der Waals surface area contributed by atoms with Crippen LogP contribution in [0.25, 0.3) is 0 Å². The van der Waals surface area contributed by atoms with E-state index in [1.807, 2.05) is 0 Å². The van der Waals surface area contributed by atoms with Crippen molar-refractivity contribution in [3.63, 3.8) is 0 Å². The molecule has 0 aromatic heterocycles. The smallest absolute Gasteiger partial charge is 0.0550 e. The van der Waals surface area contributed by atoms with Crippen molar-refractivity contribution in [1.29, 1.82) is 0 Å². The lowest BCUT2D eigenvalue weighted by Gasteiger charge is -2.16. The molecule has 0 aliphatic heterocycles. The Labute approximate surface area is 157 Å². The minimum Gasteiger partial charge on any atom is -0.0669 e. The van der Waals surface area contributed by atoms with Gasteiger partial charge in [-0.1, -0.05) is 119 Å². The van der Waals surface area contributed by atoms with E-state index in [0.717, 1.165) is 5.16 Å². The van der Waals surface area contributed by atoms with E-state index < -0.39 is 0 Å². The molecule has 0 aliphatic carbocycles. The highest BCUT2D eigenvalue weighted by atomic mass is 28.3. The molecule has 0 unspecified atom stereocenters. The fourth-order valence-electron chi connectivity index (χ4n) is 3.58. The highest BCUT2D eigenvalue weighted by Crippen LogP contribution is 2.15. The lowest BCUT2D eigenvalue weighted by molar-refractivity contribution is 0.701. The van der Waals surface area contributed by atoms with Gasteiger partial charge in [0.05, 0.1) is 19.0 Å². The monoisotopic (exact) mass is 360 g/mol. The molecule has 2 heteroatoms. The Morgan fingerprint density at radius 2 is 1.04 bits per heavy atom. The molecule has 0 nitrogen and oxygen atoms in total. The first-order valence-corrected chi connectivity index (χ1v) is 12.6. The third kappa shape index (κ3) is 6.48. The van der Waals surface area contributed by atoms with Crippen molar-refractivity contribution >= 4 is 29.4 Å². The van der Waals surface area contributed by atoms with Crippen molar-refractivity contribution in [3.05, 3.63) is 96.6 Å². The second-order valence-electron chi connectivity index (χ2n) is 6.98. The first-order chi connectivity index (χ1) is 12.4. The van der Waals surface area contributed by atoms with E-state index in [1.165, 1.54) is 31.2 Å². The van der Waals surface area contributed by atoms with Gasteiger partial charge in [-0.25, -0.2) is 0 Å². The number of hydrogen-bond acceptors (Lipinski definition) is 0. The van der Waals surface area contributed by atoms with Crippen molar-refractivity contribution in [2.45, 2.75) is 30.8 Å². The van der Waals surface area contributed by atoms with Crippen LogP contribution in [0.5, 0.6) is 0 Å². The molecule has 0 fully saturated rings. The zero-order chi connectivity index (χ0) is 17.2. The van der Waals surface area contributed by atoms with E-state index >= 15 is 0 Å². The van der Waals surface area contributed by atoms with Gasteiger partial charge in [0, 0.05) is 0 Å². The van der Waals surface area contributed by atoms with E-state index in [9.17, 15) is 0 Å². The van der Waals surface area contributed by atoms with Crippen LogP contribution in [0.15, 0.2) is 91.0 Å². The van der Waals surface area contributed by atoms with Gasteiger partial charge in [-0.3, -0.25) is 0 Å². The molecule has 0 bridgehead atoms. The van der Waals surface area contributed by atoms with Crippen LogP contribution in [0.4, 0.5) is 0 Å². The van der Waals surface area contributed by atoms with E-state index in [1.54, 1.807) is 10.4 Å². The third-order valence-electron chi connectivity index (χ3n) is 4.91. The summed E-state index contributed by atoms with van der Waals surface area (Å²) in [5.74, 6) is 0. The summed E-state index contributed by atoms with van der Waals surface area (Å²) < 4.78 is 0. The van der Waals surface area contributed by atoms with Crippen LogP contribution in [0.3, 0.4) is 0 Å². The van der Waals surface area contributed by atoms with Gasteiger partial charge < -0.3 is 0 Å². The van der Waals surface area contributed by atoms with Crippen molar-refractivity contribution in [2.24, 2.45) is 0 Å². The Bertz CT molecular complexity index is 669. The molecule has 0 heterocycles. The van der Waals surface area contributed by atoms with Gasteiger partial charge in [0.2, 0.25) is 0 Å². The Morgan fingerprint density at radius 3 is 1.56 bits per heavy atom. The maximum atomic E-state index is 2.35. The topological polar surface area (TPSA) is 0 Å². The van der Waals surface area contributed by atoms with Crippen molar-refractivity contribution in [2.75, 3.05) is 0 Å². The highest BCUT2D eigenvalue weighted by molar-refractivity contribution is 6.73. The minimum atomic E-state index is -0.170. The molecular weight excluding hydrogens is 332 g/mol. The summed E-state index contributed by atoms with van der Waals surface area (Å²) >= 11 is 0.